The predicted octanol–water partition coefficient (Wildman–Crippen LogP) is 3.87. The zero-order valence-electron chi connectivity index (χ0n) is 15.0. The molecule has 0 radical (unpaired) electrons. The summed E-state index contributed by atoms with van der Waals surface area (Å²) in [5, 5.41) is 10.4. The molecule has 8 heteroatoms. The first-order valence-corrected chi connectivity index (χ1v) is 9.21. The number of ether oxygens (including phenoxy) is 2. The summed E-state index contributed by atoms with van der Waals surface area (Å²) in [5.41, 5.74) is 0.749. The van der Waals surface area contributed by atoms with Crippen LogP contribution in [0.1, 0.15) is 6.42 Å². The first-order valence-electron chi connectivity index (χ1n) is 8.22. The van der Waals surface area contributed by atoms with Gasteiger partial charge in [-0.1, -0.05) is 5.10 Å². The van der Waals surface area contributed by atoms with E-state index in [1.54, 1.807) is 38.1 Å². The van der Waals surface area contributed by atoms with Crippen LogP contribution in [0.3, 0.4) is 0 Å². The van der Waals surface area contributed by atoms with Gasteiger partial charge in [0, 0.05) is 22.6 Å². The van der Waals surface area contributed by atoms with Crippen LogP contribution in [0.5, 0.6) is 11.5 Å². The number of carbonyl (C=O) groups excluding carboxylic acids is 1. The van der Waals surface area contributed by atoms with Crippen LogP contribution in [-0.4, -0.2) is 36.1 Å². The summed E-state index contributed by atoms with van der Waals surface area (Å²) in [4.78, 5) is 13.1. The highest BCUT2D eigenvalue weighted by atomic mass is 32.2. The lowest BCUT2D eigenvalue weighted by molar-refractivity contribution is -0.115. The maximum absolute atomic E-state index is 12.0. The molecule has 0 fully saturated rings. The summed E-state index contributed by atoms with van der Waals surface area (Å²) in [6.07, 6.45) is 0.330. The van der Waals surface area contributed by atoms with Crippen molar-refractivity contribution in [3.63, 3.8) is 0 Å². The fraction of sp³-hybridized carbons (Fsp3) is 0.211. The molecule has 0 bridgehead atoms. The smallest absolute Gasteiger partial charge is 0.322 e. The number of thioether (sulfide) groups is 1. The van der Waals surface area contributed by atoms with E-state index in [1.807, 2.05) is 36.4 Å². The Hall–Kier alpha value is -3.00. The highest BCUT2D eigenvalue weighted by Gasteiger charge is 2.11. The van der Waals surface area contributed by atoms with Crippen LogP contribution in [0, 0.1) is 0 Å². The number of methoxy groups -OCH3 is 2. The lowest BCUT2D eigenvalue weighted by Gasteiger charge is -2.03. The number of rotatable bonds is 8. The van der Waals surface area contributed by atoms with E-state index in [9.17, 15) is 4.79 Å². The standard InChI is InChI=1S/C19H19N3O4S/c1-24-14-5-3-13(4-6-14)18-21-22-19(26-18)20-17(23)11-12-27-16-9-7-15(25-2)8-10-16/h3-10H,11-12H2,1-2H3,(H,20,22,23). The van der Waals surface area contributed by atoms with E-state index in [0.29, 0.717) is 18.1 Å². The molecule has 0 aliphatic carbocycles. The van der Waals surface area contributed by atoms with Crippen LogP contribution in [-0.2, 0) is 4.79 Å². The number of anilines is 1. The zero-order chi connectivity index (χ0) is 19.1. The number of nitrogens with one attached hydrogen (secondary N) is 1. The van der Waals surface area contributed by atoms with Gasteiger partial charge in [-0.15, -0.1) is 16.9 Å². The fourth-order valence-electron chi connectivity index (χ4n) is 2.24. The van der Waals surface area contributed by atoms with E-state index >= 15 is 0 Å². The third-order valence-corrected chi connectivity index (χ3v) is 4.68. The minimum Gasteiger partial charge on any atom is -0.497 e. The quantitative estimate of drug-likeness (QED) is 0.589. The van der Waals surface area contributed by atoms with E-state index in [2.05, 4.69) is 15.5 Å². The van der Waals surface area contributed by atoms with Crippen molar-refractivity contribution in [2.75, 3.05) is 25.3 Å². The number of benzene rings is 2. The first-order chi connectivity index (χ1) is 13.2. The molecule has 1 aromatic heterocycles. The molecule has 1 heterocycles. The van der Waals surface area contributed by atoms with Crippen molar-refractivity contribution in [3.05, 3.63) is 48.5 Å². The summed E-state index contributed by atoms with van der Waals surface area (Å²) in [5.74, 6) is 2.33. The van der Waals surface area contributed by atoms with Gasteiger partial charge in [-0.05, 0) is 48.5 Å². The number of amides is 1. The third-order valence-electron chi connectivity index (χ3n) is 3.67. The minimum atomic E-state index is -0.180. The van der Waals surface area contributed by atoms with Crippen LogP contribution in [0.15, 0.2) is 57.8 Å². The van der Waals surface area contributed by atoms with Gasteiger partial charge in [0.05, 0.1) is 14.2 Å². The van der Waals surface area contributed by atoms with Crippen molar-refractivity contribution in [1.29, 1.82) is 0 Å². The number of aromatic nitrogens is 2. The lowest BCUT2D eigenvalue weighted by Crippen LogP contribution is -2.12. The van der Waals surface area contributed by atoms with Gasteiger partial charge in [0.25, 0.3) is 0 Å². The summed E-state index contributed by atoms with van der Waals surface area (Å²) in [6.45, 7) is 0. The normalized spacial score (nSPS) is 10.4. The van der Waals surface area contributed by atoms with Crippen LogP contribution in [0.4, 0.5) is 6.01 Å². The molecule has 1 N–H and O–H groups in total. The third kappa shape index (κ3) is 5.24. The van der Waals surface area contributed by atoms with Crippen molar-refractivity contribution in [2.24, 2.45) is 0 Å². The van der Waals surface area contributed by atoms with Gasteiger partial charge in [-0.2, -0.15) is 0 Å². The molecule has 1 amide bonds. The maximum Gasteiger partial charge on any atom is 0.322 e. The molecule has 0 saturated carbocycles. The fourth-order valence-corrected chi connectivity index (χ4v) is 3.09. The second-order valence-electron chi connectivity index (χ2n) is 5.46. The molecule has 0 atom stereocenters. The Balaban J connectivity index is 1.48. The van der Waals surface area contributed by atoms with Crippen molar-refractivity contribution in [1.82, 2.24) is 10.2 Å². The average Bonchev–Trinajstić information content (AvgIpc) is 3.17. The van der Waals surface area contributed by atoms with Crippen LogP contribution < -0.4 is 14.8 Å². The van der Waals surface area contributed by atoms with Gasteiger partial charge < -0.3 is 13.9 Å². The van der Waals surface area contributed by atoms with Gasteiger partial charge in [-0.3, -0.25) is 10.1 Å². The largest absolute Gasteiger partial charge is 0.497 e. The monoisotopic (exact) mass is 385 g/mol. The summed E-state index contributed by atoms with van der Waals surface area (Å²) >= 11 is 1.59. The number of carbonyl (C=O) groups is 1. The van der Waals surface area contributed by atoms with E-state index in [0.717, 1.165) is 22.0 Å². The number of hydrogen-bond donors (Lipinski definition) is 1. The Bertz CT molecular complexity index is 879. The maximum atomic E-state index is 12.0. The molecule has 7 nitrogen and oxygen atoms in total. The predicted molar refractivity (Wildman–Crippen MR) is 103 cm³/mol. The first kappa shape index (κ1) is 18.8. The Labute approximate surface area is 161 Å². The Kier molecular flexibility index (Phi) is 6.32. The van der Waals surface area contributed by atoms with Gasteiger partial charge >= 0.3 is 6.01 Å². The van der Waals surface area contributed by atoms with E-state index in [-0.39, 0.29) is 11.9 Å². The van der Waals surface area contributed by atoms with Crippen molar-refractivity contribution in [3.8, 4) is 23.0 Å². The highest BCUT2D eigenvalue weighted by molar-refractivity contribution is 7.99. The van der Waals surface area contributed by atoms with Crippen molar-refractivity contribution < 1.29 is 18.7 Å². The van der Waals surface area contributed by atoms with Crippen molar-refractivity contribution in [2.45, 2.75) is 11.3 Å². The van der Waals surface area contributed by atoms with Crippen LogP contribution in [0.25, 0.3) is 11.5 Å². The molecule has 3 rings (SSSR count). The number of nitrogens with zero attached hydrogens (tertiary/aromatic N) is 2. The molecule has 3 aromatic rings. The molecular weight excluding hydrogens is 366 g/mol. The van der Waals surface area contributed by atoms with E-state index in [4.69, 9.17) is 13.9 Å². The van der Waals surface area contributed by atoms with Crippen LogP contribution >= 0.6 is 11.8 Å². The molecule has 2 aromatic carbocycles. The summed E-state index contributed by atoms with van der Waals surface area (Å²) < 4.78 is 15.7. The molecule has 0 spiro atoms. The Morgan fingerprint density at radius 3 is 2.26 bits per heavy atom. The van der Waals surface area contributed by atoms with Gasteiger partial charge in [0.15, 0.2) is 0 Å². The summed E-state index contributed by atoms with van der Waals surface area (Å²) in [6, 6.07) is 15.0. The van der Waals surface area contributed by atoms with Gasteiger partial charge in [-0.25, -0.2) is 0 Å². The van der Waals surface area contributed by atoms with Crippen LogP contribution in [0.2, 0.25) is 0 Å². The van der Waals surface area contributed by atoms with E-state index in [1.165, 1.54) is 0 Å². The zero-order valence-corrected chi connectivity index (χ0v) is 15.8. The van der Waals surface area contributed by atoms with Crippen molar-refractivity contribution >= 4 is 23.7 Å². The molecule has 0 aliphatic rings. The average molecular weight is 385 g/mol. The van der Waals surface area contributed by atoms with E-state index < -0.39 is 0 Å². The minimum absolute atomic E-state index is 0.0836. The molecule has 0 aliphatic heterocycles. The van der Waals surface area contributed by atoms with Gasteiger partial charge in [0.2, 0.25) is 11.8 Å². The molecule has 0 saturated heterocycles. The number of hydrogen-bond acceptors (Lipinski definition) is 7. The molecule has 140 valence electrons. The SMILES string of the molecule is COc1ccc(SCCC(=O)Nc2nnc(-c3ccc(OC)cc3)o2)cc1. The molecule has 0 unspecified atom stereocenters. The Morgan fingerprint density at radius 2 is 1.63 bits per heavy atom. The molecule has 27 heavy (non-hydrogen) atoms. The Morgan fingerprint density at radius 1 is 1.00 bits per heavy atom. The molecular formula is C19H19N3O4S. The lowest BCUT2D eigenvalue weighted by atomic mass is 10.2. The van der Waals surface area contributed by atoms with Gasteiger partial charge in [0.1, 0.15) is 11.5 Å². The second-order valence-corrected chi connectivity index (χ2v) is 6.63. The second kappa shape index (κ2) is 9.09. The topological polar surface area (TPSA) is 86.5 Å². The summed E-state index contributed by atoms with van der Waals surface area (Å²) in [7, 11) is 3.23. The highest BCUT2D eigenvalue weighted by Crippen LogP contribution is 2.24.